The standard InChI is InChI=1S/C22H24ClN5O4/c1-12(25-21(31)32-22(2,3)4)18-27-16-10-6-9-15(23)17(16)19(29)28(18)14-8-5-7-13(11-14)26-20(24)30/h5-12H,1-4H3,(H,25,31)(H3,24,26,30)/t12-/m0/s1. The lowest BCUT2D eigenvalue weighted by Gasteiger charge is -2.23. The number of aromatic nitrogens is 2. The molecule has 3 rings (SSSR count). The van der Waals surface area contributed by atoms with Crippen LogP contribution in [0.15, 0.2) is 47.3 Å². The topological polar surface area (TPSA) is 128 Å². The number of hydrogen-bond acceptors (Lipinski definition) is 5. The number of amides is 3. The molecule has 0 radical (unpaired) electrons. The zero-order valence-corrected chi connectivity index (χ0v) is 18.9. The number of nitrogens with two attached hydrogens (primary N) is 1. The highest BCUT2D eigenvalue weighted by Crippen LogP contribution is 2.24. The molecule has 0 aliphatic heterocycles. The molecular formula is C22H24ClN5O4. The second kappa shape index (κ2) is 8.88. The molecule has 0 unspecified atom stereocenters. The van der Waals surface area contributed by atoms with Crippen LogP contribution in [0.1, 0.15) is 39.6 Å². The molecule has 9 nitrogen and oxygen atoms in total. The van der Waals surface area contributed by atoms with E-state index in [9.17, 15) is 14.4 Å². The number of nitrogens with one attached hydrogen (secondary N) is 2. The van der Waals surface area contributed by atoms with Gasteiger partial charge in [-0.2, -0.15) is 0 Å². The molecule has 32 heavy (non-hydrogen) atoms. The van der Waals surface area contributed by atoms with E-state index in [1.54, 1.807) is 70.2 Å². The van der Waals surface area contributed by atoms with E-state index < -0.39 is 29.3 Å². The molecule has 0 spiro atoms. The summed E-state index contributed by atoms with van der Waals surface area (Å²) in [5, 5.41) is 5.67. The van der Waals surface area contributed by atoms with Gasteiger partial charge in [-0.1, -0.05) is 23.7 Å². The molecule has 168 valence electrons. The fourth-order valence-corrected chi connectivity index (χ4v) is 3.41. The van der Waals surface area contributed by atoms with Gasteiger partial charge in [0.15, 0.2) is 0 Å². The molecule has 0 saturated heterocycles. The summed E-state index contributed by atoms with van der Waals surface area (Å²) >= 11 is 6.29. The third-order valence-corrected chi connectivity index (χ3v) is 4.68. The Balaban J connectivity index is 2.18. The van der Waals surface area contributed by atoms with E-state index in [1.165, 1.54) is 4.57 Å². The van der Waals surface area contributed by atoms with Gasteiger partial charge in [-0.25, -0.2) is 14.6 Å². The van der Waals surface area contributed by atoms with Gasteiger partial charge in [-0.05, 0) is 58.0 Å². The van der Waals surface area contributed by atoms with Gasteiger partial charge in [0, 0.05) is 5.69 Å². The normalized spacial score (nSPS) is 12.3. The Bertz CT molecular complexity index is 1250. The van der Waals surface area contributed by atoms with E-state index in [1.807, 2.05) is 0 Å². The minimum Gasteiger partial charge on any atom is -0.444 e. The third-order valence-electron chi connectivity index (χ3n) is 4.37. The van der Waals surface area contributed by atoms with Gasteiger partial charge in [-0.15, -0.1) is 0 Å². The minimum atomic E-state index is -0.741. The molecule has 3 aromatic rings. The number of ether oxygens (including phenoxy) is 1. The van der Waals surface area contributed by atoms with Gasteiger partial charge in [0.05, 0.1) is 27.7 Å². The van der Waals surface area contributed by atoms with Crippen LogP contribution in [0.25, 0.3) is 16.6 Å². The highest BCUT2D eigenvalue weighted by Gasteiger charge is 2.23. The van der Waals surface area contributed by atoms with Crippen molar-refractivity contribution in [2.45, 2.75) is 39.3 Å². The first-order chi connectivity index (χ1) is 15.0. The van der Waals surface area contributed by atoms with Crippen LogP contribution in [0, 0.1) is 0 Å². The van der Waals surface area contributed by atoms with Crippen LogP contribution in [0.3, 0.4) is 0 Å². The number of fused-ring (bicyclic) bond motifs is 1. The predicted molar refractivity (Wildman–Crippen MR) is 123 cm³/mol. The largest absolute Gasteiger partial charge is 0.444 e. The van der Waals surface area contributed by atoms with Crippen molar-refractivity contribution in [1.29, 1.82) is 0 Å². The van der Waals surface area contributed by atoms with Crippen molar-refractivity contribution in [3.8, 4) is 5.69 Å². The fourth-order valence-electron chi connectivity index (χ4n) is 3.16. The van der Waals surface area contributed by atoms with Gasteiger partial charge in [-0.3, -0.25) is 9.36 Å². The van der Waals surface area contributed by atoms with Crippen LogP contribution in [0.4, 0.5) is 15.3 Å². The summed E-state index contributed by atoms with van der Waals surface area (Å²) in [5.41, 5.74) is 5.27. The number of nitrogens with zero attached hydrogens (tertiary/aromatic N) is 2. The maximum Gasteiger partial charge on any atom is 0.408 e. The van der Waals surface area contributed by atoms with E-state index in [0.717, 1.165) is 0 Å². The van der Waals surface area contributed by atoms with E-state index in [2.05, 4.69) is 15.6 Å². The Hall–Kier alpha value is -3.59. The molecule has 0 fully saturated rings. The fraction of sp³-hybridized carbons (Fsp3) is 0.273. The first-order valence-corrected chi connectivity index (χ1v) is 10.2. The quantitative estimate of drug-likeness (QED) is 0.542. The van der Waals surface area contributed by atoms with Crippen molar-refractivity contribution in [2.24, 2.45) is 5.73 Å². The Kier molecular flexibility index (Phi) is 6.40. The number of hydrogen-bond donors (Lipinski definition) is 3. The van der Waals surface area contributed by atoms with Crippen molar-refractivity contribution < 1.29 is 14.3 Å². The number of carbonyl (C=O) groups is 2. The number of urea groups is 1. The molecule has 1 atom stereocenters. The van der Waals surface area contributed by atoms with Gasteiger partial charge in [0.2, 0.25) is 0 Å². The molecule has 0 aliphatic rings. The van der Waals surface area contributed by atoms with Crippen LogP contribution >= 0.6 is 11.6 Å². The second-order valence-electron chi connectivity index (χ2n) is 8.15. The SMILES string of the molecule is C[C@H](NC(=O)OC(C)(C)C)c1nc2cccc(Cl)c2c(=O)n1-c1cccc(NC(N)=O)c1. The molecule has 2 aromatic carbocycles. The molecule has 1 aromatic heterocycles. The second-order valence-corrected chi connectivity index (χ2v) is 8.56. The number of benzene rings is 2. The van der Waals surface area contributed by atoms with Crippen LogP contribution in [-0.2, 0) is 4.74 Å². The van der Waals surface area contributed by atoms with Gasteiger partial charge >= 0.3 is 12.1 Å². The van der Waals surface area contributed by atoms with Gasteiger partial charge < -0.3 is 21.1 Å². The number of halogens is 1. The number of alkyl carbamates (subject to hydrolysis) is 1. The van der Waals surface area contributed by atoms with Crippen molar-refractivity contribution in [3.63, 3.8) is 0 Å². The summed E-state index contributed by atoms with van der Waals surface area (Å²) < 4.78 is 6.66. The number of carbonyl (C=O) groups excluding carboxylic acids is 2. The summed E-state index contributed by atoms with van der Waals surface area (Å²) in [4.78, 5) is 41.7. The first kappa shape index (κ1) is 23.1. The van der Waals surface area contributed by atoms with Crippen LogP contribution in [-0.4, -0.2) is 27.3 Å². The van der Waals surface area contributed by atoms with Crippen molar-refractivity contribution >= 4 is 40.3 Å². The Labute approximate surface area is 189 Å². The lowest BCUT2D eigenvalue weighted by molar-refractivity contribution is 0.0505. The molecule has 10 heteroatoms. The highest BCUT2D eigenvalue weighted by atomic mass is 35.5. The molecule has 0 saturated carbocycles. The molecule has 0 aliphatic carbocycles. The monoisotopic (exact) mass is 457 g/mol. The molecule has 3 amide bonds. The highest BCUT2D eigenvalue weighted by molar-refractivity contribution is 6.35. The van der Waals surface area contributed by atoms with Gasteiger partial charge in [0.1, 0.15) is 11.4 Å². The molecule has 1 heterocycles. The van der Waals surface area contributed by atoms with Crippen LogP contribution < -0.4 is 21.9 Å². The van der Waals surface area contributed by atoms with Crippen molar-refractivity contribution in [1.82, 2.24) is 14.9 Å². The maximum atomic E-state index is 13.5. The molecular weight excluding hydrogens is 434 g/mol. The van der Waals surface area contributed by atoms with E-state index in [0.29, 0.717) is 16.9 Å². The zero-order valence-electron chi connectivity index (χ0n) is 18.1. The first-order valence-electron chi connectivity index (χ1n) is 9.84. The Morgan fingerprint density at radius 2 is 1.88 bits per heavy atom. The molecule has 4 N–H and O–H groups in total. The average molecular weight is 458 g/mol. The zero-order chi connectivity index (χ0) is 23.6. The Morgan fingerprint density at radius 3 is 2.53 bits per heavy atom. The number of primary amides is 1. The summed E-state index contributed by atoms with van der Waals surface area (Å²) in [7, 11) is 0. The smallest absolute Gasteiger partial charge is 0.408 e. The Morgan fingerprint density at radius 1 is 1.19 bits per heavy atom. The molecule has 0 bridgehead atoms. The predicted octanol–water partition coefficient (Wildman–Crippen LogP) is 4.12. The van der Waals surface area contributed by atoms with E-state index in [4.69, 9.17) is 22.1 Å². The summed E-state index contributed by atoms with van der Waals surface area (Å²) in [6, 6.07) is 10.0. The van der Waals surface area contributed by atoms with E-state index in [-0.39, 0.29) is 16.2 Å². The van der Waals surface area contributed by atoms with Gasteiger partial charge in [0.25, 0.3) is 5.56 Å². The van der Waals surface area contributed by atoms with Crippen molar-refractivity contribution in [3.05, 3.63) is 63.7 Å². The average Bonchev–Trinajstić information content (AvgIpc) is 2.65. The van der Waals surface area contributed by atoms with Crippen molar-refractivity contribution in [2.75, 3.05) is 5.32 Å². The summed E-state index contributed by atoms with van der Waals surface area (Å²) in [6.07, 6.45) is -0.652. The lowest BCUT2D eigenvalue weighted by atomic mass is 10.2. The van der Waals surface area contributed by atoms with E-state index >= 15 is 0 Å². The maximum absolute atomic E-state index is 13.5. The summed E-state index contributed by atoms with van der Waals surface area (Å²) in [6.45, 7) is 6.94. The summed E-state index contributed by atoms with van der Waals surface area (Å²) in [5.74, 6) is 0.256. The number of rotatable bonds is 4. The van der Waals surface area contributed by atoms with Crippen LogP contribution in [0.2, 0.25) is 5.02 Å². The number of anilines is 1. The van der Waals surface area contributed by atoms with Crippen LogP contribution in [0.5, 0.6) is 0 Å². The minimum absolute atomic E-state index is 0.232. The third kappa shape index (κ3) is 5.17. The lowest BCUT2D eigenvalue weighted by Crippen LogP contribution is -2.37.